The summed E-state index contributed by atoms with van der Waals surface area (Å²) in [6.07, 6.45) is 5.08. The summed E-state index contributed by atoms with van der Waals surface area (Å²) in [5.41, 5.74) is 0.814. The molecular formula is C19H30Cl2N2O2. The topological polar surface area (TPSA) is 32.8 Å². The number of carbonyl (C=O) groups excluding carboxylic acids is 1. The zero-order valence-electron chi connectivity index (χ0n) is 15.0. The fraction of sp³-hybridized carbons (Fsp3) is 0.632. The van der Waals surface area contributed by atoms with Crippen LogP contribution in [-0.4, -0.2) is 62.0 Å². The van der Waals surface area contributed by atoms with Crippen molar-refractivity contribution in [2.75, 3.05) is 46.4 Å². The van der Waals surface area contributed by atoms with E-state index in [0.29, 0.717) is 0 Å². The summed E-state index contributed by atoms with van der Waals surface area (Å²) >= 11 is 0. The van der Waals surface area contributed by atoms with E-state index in [1.165, 1.54) is 25.7 Å². The highest BCUT2D eigenvalue weighted by Gasteiger charge is 2.27. The number of carbonyl (C=O) groups is 1. The predicted molar refractivity (Wildman–Crippen MR) is 107 cm³/mol. The molecule has 2 fully saturated rings. The molecule has 0 N–H and O–H groups in total. The Labute approximate surface area is 163 Å². The highest BCUT2D eigenvalue weighted by atomic mass is 35.5. The third kappa shape index (κ3) is 6.14. The molecule has 0 radical (unpaired) electrons. The van der Waals surface area contributed by atoms with Crippen molar-refractivity contribution in [3.05, 3.63) is 29.8 Å². The SMILES string of the molecule is COc1ccc(C(=O)C(CN2CCCC2)CN2CCCC2)cc1.Cl.Cl. The number of hydrogen-bond acceptors (Lipinski definition) is 4. The van der Waals surface area contributed by atoms with Gasteiger partial charge in [0.05, 0.1) is 7.11 Å². The van der Waals surface area contributed by atoms with Crippen LogP contribution in [0.3, 0.4) is 0 Å². The molecule has 1 aromatic carbocycles. The molecule has 3 rings (SSSR count). The molecule has 1 aromatic rings. The van der Waals surface area contributed by atoms with Crippen LogP contribution >= 0.6 is 24.8 Å². The van der Waals surface area contributed by atoms with E-state index in [0.717, 1.165) is 50.6 Å². The standard InChI is InChI=1S/C19H28N2O2.2ClH/c1-23-18-8-6-16(7-9-18)19(22)17(14-20-10-2-3-11-20)15-21-12-4-5-13-21;;/h6-9,17H,2-5,10-15H2,1H3;2*1H. The molecule has 0 bridgehead atoms. The summed E-state index contributed by atoms with van der Waals surface area (Å²) in [4.78, 5) is 17.9. The summed E-state index contributed by atoms with van der Waals surface area (Å²) < 4.78 is 5.20. The van der Waals surface area contributed by atoms with Gasteiger partial charge in [0.2, 0.25) is 0 Å². The minimum atomic E-state index is 0. The van der Waals surface area contributed by atoms with Gasteiger partial charge in [0.1, 0.15) is 5.75 Å². The van der Waals surface area contributed by atoms with E-state index in [-0.39, 0.29) is 36.5 Å². The molecule has 0 amide bonds. The van der Waals surface area contributed by atoms with Crippen molar-refractivity contribution in [1.29, 1.82) is 0 Å². The van der Waals surface area contributed by atoms with Gasteiger partial charge in [-0.05, 0) is 76.1 Å². The summed E-state index contributed by atoms with van der Waals surface area (Å²) in [7, 11) is 1.65. The van der Waals surface area contributed by atoms with Crippen LogP contribution in [-0.2, 0) is 0 Å². The molecule has 0 aliphatic carbocycles. The highest BCUT2D eigenvalue weighted by Crippen LogP contribution is 2.20. The normalized spacial score (nSPS) is 18.0. The quantitative estimate of drug-likeness (QED) is 0.668. The first-order valence-electron chi connectivity index (χ1n) is 8.89. The van der Waals surface area contributed by atoms with E-state index < -0.39 is 0 Å². The summed E-state index contributed by atoms with van der Waals surface area (Å²) in [5.74, 6) is 1.17. The van der Waals surface area contributed by atoms with Crippen molar-refractivity contribution in [3.63, 3.8) is 0 Å². The number of nitrogens with zero attached hydrogens (tertiary/aromatic N) is 2. The molecule has 0 unspecified atom stereocenters. The second-order valence-electron chi connectivity index (χ2n) is 6.81. The number of methoxy groups -OCH3 is 1. The van der Waals surface area contributed by atoms with Crippen LogP contribution in [0.4, 0.5) is 0 Å². The zero-order chi connectivity index (χ0) is 16.1. The van der Waals surface area contributed by atoms with Gasteiger partial charge < -0.3 is 14.5 Å². The van der Waals surface area contributed by atoms with Gasteiger partial charge in [-0.2, -0.15) is 0 Å². The van der Waals surface area contributed by atoms with Gasteiger partial charge in [-0.25, -0.2) is 0 Å². The lowest BCUT2D eigenvalue weighted by Gasteiger charge is -2.26. The molecule has 2 aliphatic rings. The first kappa shape index (κ1) is 22.2. The van der Waals surface area contributed by atoms with Gasteiger partial charge in [-0.15, -0.1) is 24.8 Å². The number of hydrogen-bond donors (Lipinski definition) is 0. The maximum absolute atomic E-state index is 13.0. The average molecular weight is 389 g/mol. The largest absolute Gasteiger partial charge is 0.497 e. The molecule has 0 atom stereocenters. The number of ketones is 1. The van der Waals surface area contributed by atoms with Gasteiger partial charge in [0.25, 0.3) is 0 Å². The number of rotatable bonds is 7. The number of ether oxygens (including phenoxy) is 1. The maximum atomic E-state index is 13.0. The van der Waals surface area contributed by atoms with Crippen molar-refractivity contribution in [1.82, 2.24) is 9.80 Å². The van der Waals surface area contributed by atoms with Crippen LogP contribution in [0.2, 0.25) is 0 Å². The molecule has 2 aliphatic heterocycles. The van der Waals surface area contributed by atoms with Crippen LogP contribution in [0.1, 0.15) is 36.0 Å². The fourth-order valence-corrected chi connectivity index (χ4v) is 3.77. The average Bonchev–Trinajstić information content (AvgIpc) is 3.27. The van der Waals surface area contributed by atoms with Crippen molar-refractivity contribution >= 4 is 30.6 Å². The Balaban J connectivity index is 0.00000156. The molecule has 0 spiro atoms. The molecule has 0 aromatic heterocycles. The molecule has 0 saturated carbocycles. The Morgan fingerprint density at radius 1 is 0.920 bits per heavy atom. The number of likely N-dealkylation sites (tertiary alicyclic amines) is 2. The third-order valence-electron chi connectivity index (χ3n) is 5.10. The van der Waals surface area contributed by atoms with E-state index in [9.17, 15) is 4.79 Å². The highest BCUT2D eigenvalue weighted by molar-refractivity contribution is 5.98. The van der Waals surface area contributed by atoms with Gasteiger partial charge in [0.15, 0.2) is 5.78 Å². The van der Waals surface area contributed by atoms with Crippen LogP contribution < -0.4 is 4.74 Å². The minimum absolute atomic E-state index is 0. The minimum Gasteiger partial charge on any atom is -0.497 e. The fourth-order valence-electron chi connectivity index (χ4n) is 3.77. The second-order valence-corrected chi connectivity index (χ2v) is 6.81. The molecular weight excluding hydrogens is 359 g/mol. The Bertz CT molecular complexity index is 495. The van der Waals surface area contributed by atoms with Crippen LogP contribution in [0.15, 0.2) is 24.3 Å². The van der Waals surface area contributed by atoms with Crippen molar-refractivity contribution in [2.24, 2.45) is 5.92 Å². The summed E-state index contributed by atoms with van der Waals surface area (Å²) in [6.45, 7) is 6.39. The molecule has 6 heteroatoms. The van der Waals surface area contributed by atoms with E-state index in [1.807, 2.05) is 24.3 Å². The zero-order valence-corrected chi connectivity index (χ0v) is 16.6. The lowest BCUT2D eigenvalue weighted by molar-refractivity contribution is 0.0851. The first-order chi connectivity index (χ1) is 11.3. The van der Waals surface area contributed by atoms with Crippen molar-refractivity contribution < 1.29 is 9.53 Å². The Hall–Kier alpha value is -0.810. The van der Waals surface area contributed by atoms with Crippen molar-refractivity contribution in [2.45, 2.75) is 25.7 Å². The van der Waals surface area contributed by atoms with E-state index >= 15 is 0 Å². The number of benzene rings is 1. The van der Waals surface area contributed by atoms with E-state index in [1.54, 1.807) is 7.11 Å². The van der Waals surface area contributed by atoms with Crippen LogP contribution in [0.5, 0.6) is 5.75 Å². The van der Waals surface area contributed by atoms with E-state index in [4.69, 9.17) is 4.74 Å². The third-order valence-corrected chi connectivity index (χ3v) is 5.10. The summed E-state index contributed by atoms with van der Waals surface area (Å²) in [6, 6.07) is 7.58. The van der Waals surface area contributed by atoms with Crippen LogP contribution in [0, 0.1) is 5.92 Å². The predicted octanol–water partition coefficient (Wildman–Crippen LogP) is 3.53. The summed E-state index contributed by atoms with van der Waals surface area (Å²) in [5, 5.41) is 0. The molecule has 4 nitrogen and oxygen atoms in total. The number of Topliss-reactive ketones (excluding diaryl/α,β-unsaturated/α-hetero) is 1. The smallest absolute Gasteiger partial charge is 0.168 e. The Morgan fingerprint density at radius 2 is 1.36 bits per heavy atom. The molecule has 2 saturated heterocycles. The lowest BCUT2D eigenvalue weighted by Crippen LogP contribution is -2.39. The van der Waals surface area contributed by atoms with Gasteiger partial charge in [-0.1, -0.05) is 0 Å². The lowest BCUT2D eigenvalue weighted by atomic mass is 9.96. The Morgan fingerprint density at radius 3 is 1.76 bits per heavy atom. The molecule has 2 heterocycles. The second kappa shape index (κ2) is 11.0. The van der Waals surface area contributed by atoms with Crippen LogP contribution in [0.25, 0.3) is 0 Å². The Kier molecular flexibility index (Phi) is 9.80. The molecule has 25 heavy (non-hydrogen) atoms. The maximum Gasteiger partial charge on any atom is 0.168 e. The molecule has 142 valence electrons. The first-order valence-corrected chi connectivity index (χ1v) is 8.89. The van der Waals surface area contributed by atoms with Gasteiger partial charge in [-0.3, -0.25) is 4.79 Å². The van der Waals surface area contributed by atoms with Gasteiger partial charge in [0, 0.05) is 24.6 Å². The monoisotopic (exact) mass is 388 g/mol. The number of halogens is 2. The van der Waals surface area contributed by atoms with Gasteiger partial charge >= 0.3 is 0 Å². The van der Waals surface area contributed by atoms with E-state index in [2.05, 4.69) is 9.80 Å². The van der Waals surface area contributed by atoms with Crippen molar-refractivity contribution in [3.8, 4) is 5.75 Å².